The SMILES string of the molecule is COc1ccccc1C1=C(N2CCC(C)CC2)C(=O)N(Cc2ccccc2Cl)C1=O. The highest BCUT2D eigenvalue weighted by Gasteiger charge is 2.43. The smallest absolute Gasteiger partial charge is 0.278 e. The number of carbonyl (C=O) groups excluding carboxylic acids is 2. The van der Waals surface area contributed by atoms with Crippen molar-refractivity contribution in [1.29, 1.82) is 0 Å². The van der Waals surface area contributed by atoms with Gasteiger partial charge in [-0.2, -0.15) is 0 Å². The lowest BCUT2D eigenvalue weighted by Crippen LogP contribution is -2.38. The van der Waals surface area contributed by atoms with Gasteiger partial charge in [-0.15, -0.1) is 0 Å². The first-order chi connectivity index (χ1) is 14.5. The molecule has 0 saturated carbocycles. The van der Waals surface area contributed by atoms with Crippen molar-refractivity contribution in [2.75, 3.05) is 20.2 Å². The van der Waals surface area contributed by atoms with Crippen LogP contribution in [0.5, 0.6) is 5.75 Å². The van der Waals surface area contributed by atoms with E-state index in [0.717, 1.165) is 31.5 Å². The summed E-state index contributed by atoms with van der Waals surface area (Å²) in [5.74, 6) is 0.618. The molecule has 0 radical (unpaired) electrons. The fourth-order valence-corrected chi connectivity index (χ4v) is 4.32. The van der Waals surface area contributed by atoms with E-state index in [1.165, 1.54) is 4.90 Å². The second kappa shape index (κ2) is 8.52. The third-order valence-corrected chi connectivity index (χ3v) is 6.27. The first kappa shape index (κ1) is 20.5. The fourth-order valence-electron chi connectivity index (χ4n) is 4.12. The van der Waals surface area contributed by atoms with E-state index >= 15 is 0 Å². The van der Waals surface area contributed by atoms with E-state index in [9.17, 15) is 9.59 Å². The van der Waals surface area contributed by atoms with E-state index in [4.69, 9.17) is 16.3 Å². The molecule has 156 valence electrons. The Balaban J connectivity index is 1.77. The van der Waals surface area contributed by atoms with Crippen LogP contribution in [-0.4, -0.2) is 41.8 Å². The van der Waals surface area contributed by atoms with Gasteiger partial charge in [0.05, 0.1) is 19.2 Å². The number of piperidine rings is 1. The van der Waals surface area contributed by atoms with Crippen LogP contribution in [0.1, 0.15) is 30.9 Å². The number of rotatable bonds is 5. The van der Waals surface area contributed by atoms with Crippen molar-refractivity contribution in [2.45, 2.75) is 26.3 Å². The predicted molar refractivity (Wildman–Crippen MR) is 117 cm³/mol. The zero-order valence-electron chi connectivity index (χ0n) is 17.2. The number of carbonyl (C=O) groups is 2. The average Bonchev–Trinajstić information content (AvgIpc) is 3.00. The van der Waals surface area contributed by atoms with Gasteiger partial charge < -0.3 is 9.64 Å². The van der Waals surface area contributed by atoms with E-state index in [2.05, 4.69) is 11.8 Å². The van der Waals surface area contributed by atoms with Gasteiger partial charge in [0.15, 0.2) is 0 Å². The van der Waals surface area contributed by atoms with E-state index in [-0.39, 0.29) is 18.4 Å². The first-order valence-electron chi connectivity index (χ1n) is 10.2. The molecular weight excluding hydrogens is 400 g/mol. The summed E-state index contributed by atoms with van der Waals surface area (Å²) in [4.78, 5) is 30.4. The molecule has 0 aromatic heterocycles. The summed E-state index contributed by atoms with van der Waals surface area (Å²) < 4.78 is 5.51. The molecule has 5 nitrogen and oxygen atoms in total. The van der Waals surface area contributed by atoms with Crippen molar-refractivity contribution in [3.05, 3.63) is 70.4 Å². The minimum absolute atomic E-state index is 0.143. The topological polar surface area (TPSA) is 49.9 Å². The van der Waals surface area contributed by atoms with Crippen LogP contribution in [0.2, 0.25) is 5.02 Å². The molecule has 0 bridgehead atoms. The Kier molecular flexibility index (Phi) is 5.82. The fraction of sp³-hybridized carbons (Fsp3) is 0.333. The Morgan fingerprint density at radius 1 is 1.00 bits per heavy atom. The molecule has 30 heavy (non-hydrogen) atoms. The molecule has 0 unspecified atom stereocenters. The number of amides is 2. The minimum Gasteiger partial charge on any atom is -0.496 e. The van der Waals surface area contributed by atoms with E-state index in [1.807, 2.05) is 42.5 Å². The van der Waals surface area contributed by atoms with Crippen LogP contribution in [0.25, 0.3) is 5.57 Å². The van der Waals surface area contributed by atoms with Gasteiger partial charge in [0.1, 0.15) is 11.4 Å². The lowest BCUT2D eigenvalue weighted by atomic mass is 9.97. The second-order valence-corrected chi connectivity index (χ2v) is 8.29. The van der Waals surface area contributed by atoms with Crippen molar-refractivity contribution in [2.24, 2.45) is 5.92 Å². The number of benzene rings is 2. The highest BCUT2D eigenvalue weighted by atomic mass is 35.5. The largest absolute Gasteiger partial charge is 0.496 e. The van der Waals surface area contributed by atoms with Crippen molar-refractivity contribution < 1.29 is 14.3 Å². The van der Waals surface area contributed by atoms with Crippen LogP contribution >= 0.6 is 11.6 Å². The van der Waals surface area contributed by atoms with Gasteiger partial charge in [0.25, 0.3) is 11.8 Å². The summed E-state index contributed by atoms with van der Waals surface area (Å²) in [7, 11) is 1.57. The number of likely N-dealkylation sites (tertiary alicyclic amines) is 1. The minimum atomic E-state index is -0.307. The van der Waals surface area contributed by atoms with Gasteiger partial charge >= 0.3 is 0 Å². The zero-order chi connectivity index (χ0) is 21.3. The Bertz CT molecular complexity index is 1010. The molecule has 2 aliphatic heterocycles. The van der Waals surface area contributed by atoms with Crippen LogP contribution < -0.4 is 4.74 Å². The lowest BCUT2D eigenvalue weighted by Gasteiger charge is -2.32. The molecule has 0 atom stereocenters. The molecule has 1 fully saturated rings. The third kappa shape index (κ3) is 3.70. The van der Waals surface area contributed by atoms with Gasteiger partial charge in [-0.3, -0.25) is 14.5 Å². The van der Waals surface area contributed by atoms with Crippen LogP contribution in [0, 0.1) is 5.92 Å². The molecule has 4 rings (SSSR count). The molecule has 2 amide bonds. The van der Waals surface area contributed by atoms with Crippen LogP contribution in [0.3, 0.4) is 0 Å². The maximum Gasteiger partial charge on any atom is 0.278 e. The van der Waals surface area contributed by atoms with Gasteiger partial charge in [0.2, 0.25) is 0 Å². The third-order valence-electron chi connectivity index (χ3n) is 5.91. The predicted octanol–water partition coefficient (Wildman–Crippen LogP) is 4.36. The quantitative estimate of drug-likeness (QED) is 0.669. The lowest BCUT2D eigenvalue weighted by molar-refractivity contribution is -0.138. The zero-order valence-corrected chi connectivity index (χ0v) is 18.0. The number of nitrogens with zero attached hydrogens (tertiary/aromatic N) is 2. The molecule has 0 N–H and O–H groups in total. The maximum atomic E-state index is 13.5. The van der Waals surface area contributed by atoms with Gasteiger partial charge in [-0.25, -0.2) is 0 Å². The van der Waals surface area contributed by atoms with Crippen molar-refractivity contribution in [1.82, 2.24) is 9.80 Å². The molecule has 0 aliphatic carbocycles. The van der Waals surface area contributed by atoms with E-state index < -0.39 is 0 Å². The highest BCUT2D eigenvalue weighted by molar-refractivity contribution is 6.36. The summed E-state index contributed by atoms with van der Waals surface area (Å²) in [6.07, 6.45) is 1.99. The maximum absolute atomic E-state index is 13.5. The summed E-state index contributed by atoms with van der Waals surface area (Å²) in [6, 6.07) is 14.7. The molecule has 2 heterocycles. The second-order valence-electron chi connectivity index (χ2n) is 7.88. The standard InChI is InChI=1S/C24H25ClN2O3/c1-16-11-13-26(14-12-16)22-21(18-8-4-6-10-20(18)30-2)23(28)27(24(22)29)15-17-7-3-5-9-19(17)25/h3-10,16H,11-15H2,1-2H3. The molecule has 2 aromatic rings. The van der Waals surface area contributed by atoms with Gasteiger partial charge in [-0.05, 0) is 36.5 Å². The summed E-state index contributed by atoms with van der Waals surface area (Å²) in [6.45, 7) is 3.88. The summed E-state index contributed by atoms with van der Waals surface area (Å²) in [5.41, 5.74) is 2.28. The Hall–Kier alpha value is -2.79. The van der Waals surface area contributed by atoms with Crippen molar-refractivity contribution in [3.63, 3.8) is 0 Å². The van der Waals surface area contributed by atoms with Gasteiger partial charge in [-0.1, -0.05) is 54.9 Å². The summed E-state index contributed by atoms with van der Waals surface area (Å²) in [5, 5.41) is 0.539. The van der Waals surface area contributed by atoms with Crippen molar-refractivity contribution in [3.8, 4) is 5.75 Å². The normalized spacial score (nSPS) is 17.8. The highest BCUT2D eigenvalue weighted by Crippen LogP contribution is 2.38. The van der Waals surface area contributed by atoms with Crippen LogP contribution in [0.15, 0.2) is 54.2 Å². The molecular formula is C24H25ClN2O3. The Labute approximate surface area is 181 Å². The van der Waals surface area contributed by atoms with E-state index in [0.29, 0.717) is 33.5 Å². The average molecular weight is 425 g/mol. The van der Waals surface area contributed by atoms with Crippen LogP contribution in [0.4, 0.5) is 0 Å². The number of hydrogen-bond acceptors (Lipinski definition) is 4. The molecule has 6 heteroatoms. The van der Waals surface area contributed by atoms with Gasteiger partial charge in [0, 0.05) is 23.7 Å². The van der Waals surface area contributed by atoms with E-state index in [1.54, 1.807) is 13.2 Å². The number of imide groups is 1. The number of methoxy groups -OCH3 is 1. The summed E-state index contributed by atoms with van der Waals surface area (Å²) >= 11 is 6.31. The Morgan fingerprint density at radius 2 is 1.67 bits per heavy atom. The van der Waals surface area contributed by atoms with Crippen molar-refractivity contribution >= 4 is 29.0 Å². The molecule has 0 spiro atoms. The monoisotopic (exact) mass is 424 g/mol. The number of ether oxygens (including phenoxy) is 1. The number of para-hydroxylation sites is 1. The number of hydrogen-bond donors (Lipinski definition) is 0. The first-order valence-corrected chi connectivity index (χ1v) is 10.6. The molecule has 2 aliphatic rings. The number of halogens is 1. The molecule has 2 aromatic carbocycles. The molecule has 1 saturated heterocycles. The van der Waals surface area contributed by atoms with Crippen LogP contribution in [-0.2, 0) is 16.1 Å². The Morgan fingerprint density at radius 3 is 2.37 bits per heavy atom.